The molecule has 2 aromatic carbocycles. The van der Waals surface area contributed by atoms with Gasteiger partial charge in [0.05, 0.1) is 47.9 Å². The number of phenolic OH excluding ortho intramolecular Hbond substituents is 2. The van der Waals surface area contributed by atoms with Crippen LogP contribution >= 0.6 is 0 Å². The molecule has 0 spiro atoms. The van der Waals surface area contributed by atoms with E-state index in [9.17, 15) is 39.9 Å². The maximum absolute atomic E-state index is 14.0. The molecule has 2 unspecified atom stereocenters. The Hall–Kier alpha value is -3.13. The number of nitrogens with two attached hydrogens (primary N) is 1. The van der Waals surface area contributed by atoms with Gasteiger partial charge in [-0.15, -0.1) is 0 Å². The van der Waals surface area contributed by atoms with Crippen LogP contribution in [0.3, 0.4) is 0 Å². The van der Waals surface area contributed by atoms with Gasteiger partial charge in [0.2, 0.25) is 0 Å². The molecule has 1 aliphatic heterocycles. The van der Waals surface area contributed by atoms with E-state index in [0.717, 1.165) is 0 Å². The van der Waals surface area contributed by atoms with Crippen molar-refractivity contribution in [2.75, 3.05) is 13.7 Å². The van der Waals surface area contributed by atoms with Crippen molar-refractivity contribution in [1.82, 2.24) is 0 Å². The number of Topliss-reactive ketones (excluding diaryl/α,β-unsaturated/α-hetero) is 3. The van der Waals surface area contributed by atoms with E-state index < -0.39 is 108 Å². The average molecular weight is 546 g/mol. The van der Waals surface area contributed by atoms with Crippen LogP contribution in [0.4, 0.5) is 0 Å². The molecule has 5 rings (SSSR count). The van der Waals surface area contributed by atoms with Crippen LogP contribution < -0.4 is 10.5 Å². The monoisotopic (exact) mass is 545 g/mol. The molecule has 210 valence electrons. The third kappa shape index (κ3) is 4.19. The van der Waals surface area contributed by atoms with E-state index in [1.165, 1.54) is 19.2 Å². The lowest BCUT2D eigenvalue weighted by Crippen LogP contribution is -2.59. The number of aromatic hydroxyl groups is 2. The normalized spacial score (nSPS) is 34.5. The molecule has 1 heterocycles. The van der Waals surface area contributed by atoms with Crippen LogP contribution in [0.1, 0.15) is 46.9 Å². The zero-order valence-electron chi connectivity index (χ0n) is 21.4. The second-order valence-electron chi connectivity index (χ2n) is 10.5. The number of methoxy groups -OCH3 is 1. The second-order valence-corrected chi connectivity index (χ2v) is 10.5. The summed E-state index contributed by atoms with van der Waals surface area (Å²) in [6.07, 6.45) is -4.93. The summed E-state index contributed by atoms with van der Waals surface area (Å²) in [5.41, 5.74) is 2.96. The number of carbonyl (C=O) groups excluding carboxylic acids is 3. The minimum Gasteiger partial charge on any atom is -0.507 e. The predicted molar refractivity (Wildman–Crippen MR) is 134 cm³/mol. The second kappa shape index (κ2) is 9.81. The molecule has 8 atom stereocenters. The standard InChI is InChI=1S/C27H31NO11/c1-10-22(31)13(28)6-17(38-10)39-15-8-27(36,16(30)9-29)7-12-19(15)26(35)21-20(24(12)33)23(32)11-4-3-5-14(37-2)18(11)25(21)34/h3-5,10,12-13,15,17,19,22,29,31-32,34,36H,6-9,28H2,1-2H3/t10-,12?,13-,15-,17-,19?,22+,27-/m0/s1. The van der Waals surface area contributed by atoms with Gasteiger partial charge in [-0.3, -0.25) is 14.4 Å². The molecule has 12 nitrogen and oxygen atoms in total. The quantitative estimate of drug-likeness (QED) is 0.278. The van der Waals surface area contributed by atoms with Gasteiger partial charge >= 0.3 is 0 Å². The average Bonchev–Trinajstić information content (AvgIpc) is 2.90. The molecule has 1 saturated heterocycles. The largest absolute Gasteiger partial charge is 0.507 e. The van der Waals surface area contributed by atoms with Gasteiger partial charge in [-0.05, 0) is 19.4 Å². The van der Waals surface area contributed by atoms with Crippen LogP contribution in [0.2, 0.25) is 0 Å². The highest BCUT2D eigenvalue weighted by molar-refractivity contribution is 6.23. The number of benzene rings is 2. The molecular weight excluding hydrogens is 514 g/mol. The van der Waals surface area contributed by atoms with E-state index in [1.807, 2.05) is 0 Å². The lowest BCUT2D eigenvalue weighted by atomic mass is 9.60. The zero-order chi connectivity index (χ0) is 28.4. The van der Waals surface area contributed by atoms with E-state index in [4.69, 9.17) is 19.9 Å². The molecule has 0 aromatic heterocycles. The number of hydrogen-bond donors (Lipinski definition) is 6. The predicted octanol–water partition coefficient (Wildman–Crippen LogP) is 0.166. The summed E-state index contributed by atoms with van der Waals surface area (Å²) in [5.74, 6) is -5.97. The number of aliphatic hydroxyl groups excluding tert-OH is 2. The smallest absolute Gasteiger partial charge is 0.189 e. The van der Waals surface area contributed by atoms with Crippen molar-refractivity contribution in [1.29, 1.82) is 0 Å². The highest BCUT2D eigenvalue weighted by Gasteiger charge is 2.58. The Balaban J connectivity index is 1.64. The van der Waals surface area contributed by atoms with E-state index >= 15 is 0 Å². The summed E-state index contributed by atoms with van der Waals surface area (Å²) in [6, 6.07) is 3.80. The molecule has 2 aromatic rings. The molecule has 3 aliphatic rings. The van der Waals surface area contributed by atoms with Gasteiger partial charge in [0.1, 0.15) is 29.5 Å². The Morgan fingerprint density at radius 1 is 1.15 bits per heavy atom. The molecule has 0 bridgehead atoms. The number of ether oxygens (including phenoxy) is 3. The summed E-state index contributed by atoms with van der Waals surface area (Å²) in [4.78, 5) is 40.5. The summed E-state index contributed by atoms with van der Waals surface area (Å²) in [6.45, 7) is 0.573. The summed E-state index contributed by atoms with van der Waals surface area (Å²) < 4.78 is 17.1. The Bertz CT molecular complexity index is 1350. The SMILES string of the molecule is COc1cccc2c(O)c3c(c(O)c12)C(=O)C1C(C[C@@](O)(C(=O)CO)C[C@@H]1O[C@H]1C[C@H](N)[C@H](O)[C@H](C)O1)C3=O. The maximum Gasteiger partial charge on any atom is 0.189 e. The number of fused-ring (bicyclic) bond motifs is 3. The fraction of sp³-hybridized carbons (Fsp3) is 0.519. The molecule has 7 N–H and O–H groups in total. The molecule has 12 heteroatoms. The van der Waals surface area contributed by atoms with E-state index in [-0.39, 0.29) is 22.9 Å². The molecule has 2 aliphatic carbocycles. The highest BCUT2D eigenvalue weighted by Crippen LogP contribution is 2.52. The Morgan fingerprint density at radius 2 is 1.85 bits per heavy atom. The van der Waals surface area contributed by atoms with Crippen molar-refractivity contribution in [3.63, 3.8) is 0 Å². The summed E-state index contributed by atoms with van der Waals surface area (Å²) in [5, 5.41) is 53.4. The number of phenols is 2. The van der Waals surface area contributed by atoms with Gasteiger partial charge in [-0.1, -0.05) is 12.1 Å². The highest BCUT2D eigenvalue weighted by atomic mass is 16.7. The van der Waals surface area contributed by atoms with E-state index in [1.54, 1.807) is 13.0 Å². The van der Waals surface area contributed by atoms with Gasteiger partial charge in [0.25, 0.3) is 0 Å². The first-order valence-corrected chi connectivity index (χ1v) is 12.7. The van der Waals surface area contributed by atoms with Gasteiger partial charge in [0, 0.05) is 30.2 Å². The van der Waals surface area contributed by atoms with Crippen LogP contribution in [0.25, 0.3) is 10.8 Å². The van der Waals surface area contributed by atoms with Crippen LogP contribution in [-0.4, -0.2) is 92.8 Å². The number of aliphatic hydroxyl groups is 3. The number of hydrogen-bond acceptors (Lipinski definition) is 12. The topological polar surface area (TPSA) is 206 Å². The van der Waals surface area contributed by atoms with Crippen LogP contribution in [-0.2, 0) is 14.3 Å². The Morgan fingerprint density at radius 3 is 2.49 bits per heavy atom. The Kier molecular flexibility index (Phi) is 6.90. The lowest BCUT2D eigenvalue weighted by Gasteiger charge is -2.47. The molecule has 0 amide bonds. The lowest BCUT2D eigenvalue weighted by molar-refractivity contribution is -0.255. The van der Waals surface area contributed by atoms with Gasteiger partial charge in [-0.2, -0.15) is 0 Å². The summed E-state index contributed by atoms with van der Waals surface area (Å²) >= 11 is 0. The third-order valence-electron chi connectivity index (χ3n) is 8.26. The van der Waals surface area contributed by atoms with Crippen molar-refractivity contribution in [3.05, 3.63) is 29.3 Å². The van der Waals surface area contributed by atoms with Crippen molar-refractivity contribution in [2.24, 2.45) is 17.6 Å². The van der Waals surface area contributed by atoms with Crippen molar-refractivity contribution < 1.29 is 54.1 Å². The fourth-order valence-electron chi connectivity index (χ4n) is 6.25. The van der Waals surface area contributed by atoms with Crippen LogP contribution in [0.15, 0.2) is 18.2 Å². The van der Waals surface area contributed by atoms with Crippen molar-refractivity contribution in [3.8, 4) is 17.2 Å². The number of carbonyl (C=O) groups is 3. The van der Waals surface area contributed by atoms with Gasteiger partial charge < -0.3 is 45.5 Å². The minimum absolute atomic E-state index is 0.0262. The Labute approximate surface area is 222 Å². The minimum atomic E-state index is -2.21. The van der Waals surface area contributed by atoms with Crippen molar-refractivity contribution >= 4 is 28.1 Å². The fourth-order valence-corrected chi connectivity index (χ4v) is 6.25. The molecule has 39 heavy (non-hydrogen) atoms. The van der Waals surface area contributed by atoms with Crippen LogP contribution in [0.5, 0.6) is 17.2 Å². The first-order chi connectivity index (χ1) is 18.4. The van der Waals surface area contributed by atoms with Gasteiger partial charge in [-0.25, -0.2) is 0 Å². The van der Waals surface area contributed by atoms with E-state index in [2.05, 4.69) is 0 Å². The number of rotatable bonds is 5. The first kappa shape index (κ1) is 27.4. The molecular formula is C27H31NO11. The van der Waals surface area contributed by atoms with Crippen molar-refractivity contribution in [2.45, 2.75) is 62.4 Å². The first-order valence-electron chi connectivity index (χ1n) is 12.7. The number of ketones is 3. The maximum atomic E-state index is 14.0. The zero-order valence-corrected chi connectivity index (χ0v) is 21.4. The molecule has 0 radical (unpaired) electrons. The molecule has 2 fully saturated rings. The molecule has 1 saturated carbocycles. The van der Waals surface area contributed by atoms with Crippen LogP contribution in [0, 0.1) is 11.8 Å². The third-order valence-corrected chi connectivity index (χ3v) is 8.26. The summed E-state index contributed by atoms with van der Waals surface area (Å²) in [7, 11) is 1.35. The van der Waals surface area contributed by atoms with E-state index in [0.29, 0.717) is 0 Å². The van der Waals surface area contributed by atoms with Gasteiger partial charge in [0.15, 0.2) is 23.6 Å².